The Balaban J connectivity index is 1.74. The summed E-state index contributed by atoms with van der Waals surface area (Å²) in [6.07, 6.45) is -0.919. The average Bonchev–Trinajstić information content (AvgIpc) is 2.68. The van der Waals surface area contributed by atoms with Gasteiger partial charge in [-0.25, -0.2) is 0 Å². The lowest BCUT2D eigenvalue weighted by atomic mass is 9.87. The summed E-state index contributed by atoms with van der Waals surface area (Å²) in [6, 6.07) is 14.4. The van der Waals surface area contributed by atoms with Crippen molar-refractivity contribution in [2.75, 3.05) is 17.2 Å². The molecule has 7 heteroatoms. The number of nitrogens with one attached hydrogen (secondary N) is 2. The minimum absolute atomic E-state index is 0.0318. The van der Waals surface area contributed by atoms with E-state index in [0.717, 1.165) is 0 Å². The van der Waals surface area contributed by atoms with E-state index in [4.69, 9.17) is 9.47 Å². The van der Waals surface area contributed by atoms with E-state index in [2.05, 4.69) is 31.4 Å². The van der Waals surface area contributed by atoms with Crippen LogP contribution in [0.15, 0.2) is 48.5 Å². The van der Waals surface area contributed by atoms with Gasteiger partial charge in [-0.2, -0.15) is 0 Å². The van der Waals surface area contributed by atoms with E-state index in [0.29, 0.717) is 17.1 Å². The summed E-state index contributed by atoms with van der Waals surface area (Å²) in [5, 5.41) is 5.31. The normalized spacial score (nSPS) is 11.9. The monoisotopic (exact) mass is 426 g/mol. The number of esters is 1. The fourth-order valence-corrected chi connectivity index (χ4v) is 2.70. The van der Waals surface area contributed by atoms with Gasteiger partial charge in [-0.05, 0) is 54.3 Å². The number of benzene rings is 2. The van der Waals surface area contributed by atoms with E-state index < -0.39 is 18.0 Å². The van der Waals surface area contributed by atoms with Crippen molar-refractivity contribution >= 4 is 29.2 Å². The highest BCUT2D eigenvalue weighted by atomic mass is 16.5. The number of hydrogen-bond acceptors (Lipinski definition) is 5. The first-order chi connectivity index (χ1) is 14.5. The zero-order valence-corrected chi connectivity index (χ0v) is 18.7. The van der Waals surface area contributed by atoms with E-state index >= 15 is 0 Å². The first-order valence-corrected chi connectivity index (χ1v) is 10.2. The summed E-state index contributed by atoms with van der Waals surface area (Å²) in [5.74, 6) is -0.466. The first kappa shape index (κ1) is 23.9. The quantitative estimate of drug-likeness (QED) is 0.615. The molecule has 2 aromatic rings. The van der Waals surface area contributed by atoms with Crippen molar-refractivity contribution in [2.45, 2.75) is 52.6 Å². The number of rotatable bonds is 8. The second kappa shape index (κ2) is 10.6. The largest absolute Gasteiger partial charge is 0.493 e. The van der Waals surface area contributed by atoms with Gasteiger partial charge in [0.05, 0.1) is 13.0 Å². The van der Waals surface area contributed by atoms with Gasteiger partial charge in [-0.3, -0.25) is 14.4 Å². The van der Waals surface area contributed by atoms with Crippen LogP contribution in [0.1, 0.15) is 46.6 Å². The molecule has 2 amide bonds. The van der Waals surface area contributed by atoms with E-state index in [9.17, 15) is 14.4 Å². The maximum atomic E-state index is 12.2. The van der Waals surface area contributed by atoms with Gasteiger partial charge in [-0.15, -0.1) is 0 Å². The van der Waals surface area contributed by atoms with Crippen LogP contribution < -0.4 is 15.4 Å². The van der Waals surface area contributed by atoms with Gasteiger partial charge >= 0.3 is 5.97 Å². The number of carbonyl (C=O) groups excluding carboxylic acids is 3. The fraction of sp³-hybridized carbons (Fsp3) is 0.375. The van der Waals surface area contributed by atoms with Crippen molar-refractivity contribution in [3.05, 3.63) is 54.1 Å². The van der Waals surface area contributed by atoms with Crippen LogP contribution in [0.4, 0.5) is 11.4 Å². The highest BCUT2D eigenvalue weighted by molar-refractivity contribution is 5.95. The predicted octanol–water partition coefficient (Wildman–Crippen LogP) is 4.28. The highest BCUT2D eigenvalue weighted by Gasteiger charge is 2.18. The molecule has 0 radical (unpaired) electrons. The molecule has 0 spiro atoms. The van der Waals surface area contributed by atoms with Crippen LogP contribution in [-0.4, -0.2) is 30.5 Å². The van der Waals surface area contributed by atoms with Crippen LogP contribution in [0.2, 0.25) is 0 Å². The van der Waals surface area contributed by atoms with Crippen LogP contribution in [0.3, 0.4) is 0 Å². The Labute approximate surface area is 183 Å². The topological polar surface area (TPSA) is 93.7 Å². The standard InChI is InChI=1S/C24H30N2O5/c1-16(23(29)26-20-10-8-19(9-11-20)25-17(2)27)31-22(28)14-15-30-21-12-6-18(7-13-21)24(3,4)5/h6-13,16H,14-15H2,1-5H3,(H,25,27)(H,26,29)/t16-/m0/s1. The smallest absolute Gasteiger partial charge is 0.310 e. The molecule has 166 valence electrons. The third kappa shape index (κ3) is 8.12. The SMILES string of the molecule is CC(=O)Nc1ccc(NC(=O)[C@H](C)OC(=O)CCOc2ccc(C(C)(C)C)cc2)cc1. The van der Waals surface area contributed by atoms with Crippen LogP contribution in [0.5, 0.6) is 5.75 Å². The van der Waals surface area contributed by atoms with Crippen LogP contribution in [0, 0.1) is 0 Å². The lowest BCUT2D eigenvalue weighted by Crippen LogP contribution is -2.30. The van der Waals surface area contributed by atoms with E-state index in [1.54, 1.807) is 24.3 Å². The molecule has 2 N–H and O–H groups in total. The Morgan fingerprint density at radius 3 is 1.97 bits per heavy atom. The van der Waals surface area contributed by atoms with Gasteiger partial charge < -0.3 is 20.1 Å². The fourth-order valence-electron chi connectivity index (χ4n) is 2.70. The molecule has 0 aliphatic carbocycles. The van der Waals surface area contributed by atoms with Gasteiger partial charge in [0.1, 0.15) is 5.75 Å². The molecule has 0 saturated carbocycles. The maximum absolute atomic E-state index is 12.2. The second-order valence-corrected chi connectivity index (χ2v) is 8.25. The minimum atomic E-state index is -0.950. The lowest BCUT2D eigenvalue weighted by Gasteiger charge is -2.19. The molecule has 0 bridgehead atoms. The molecule has 7 nitrogen and oxygen atoms in total. The maximum Gasteiger partial charge on any atom is 0.310 e. The average molecular weight is 427 g/mol. The predicted molar refractivity (Wildman–Crippen MR) is 120 cm³/mol. The molecule has 0 aromatic heterocycles. The summed E-state index contributed by atoms with van der Waals surface area (Å²) in [6.45, 7) is 9.49. The van der Waals surface area contributed by atoms with Crippen molar-refractivity contribution in [1.82, 2.24) is 0 Å². The third-order valence-electron chi connectivity index (χ3n) is 4.45. The van der Waals surface area contributed by atoms with Crippen LogP contribution in [-0.2, 0) is 24.5 Å². The summed E-state index contributed by atoms with van der Waals surface area (Å²) in [7, 11) is 0. The van der Waals surface area contributed by atoms with Crippen molar-refractivity contribution in [3.63, 3.8) is 0 Å². The van der Waals surface area contributed by atoms with Crippen molar-refractivity contribution in [2.24, 2.45) is 0 Å². The van der Waals surface area contributed by atoms with Crippen LogP contribution in [0.25, 0.3) is 0 Å². The van der Waals surface area contributed by atoms with E-state index in [1.807, 2.05) is 24.3 Å². The van der Waals surface area contributed by atoms with Gasteiger partial charge in [0.25, 0.3) is 5.91 Å². The molecule has 0 heterocycles. The first-order valence-electron chi connectivity index (χ1n) is 10.2. The van der Waals surface area contributed by atoms with Gasteiger partial charge in [0, 0.05) is 18.3 Å². The second-order valence-electron chi connectivity index (χ2n) is 8.25. The Morgan fingerprint density at radius 1 is 0.903 bits per heavy atom. The summed E-state index contributed by atoms with van der Waals surface area (Å²) in [4.78, 5) is 35.3. The molecular formula is C24H30N2O5. The number of amides is 2. The Hall–Kier alpha value is -3.35. The van der Waals surface area contributed by atoms with Crippen molar-refractivity contribution in [1.29, 1.82) is 0 Å². The molecule has 0 fully saturated rings. The molecule has 2 aromatic carbocycles. The molecule has 0 aliphatic heterocycles. The zero-order valence-electron chi connectivity index (χ0n) is 18.7. The highest BCUT2D eigenvalue weighted by Crippen LogP contribution is 2.24. The Bertz CT molecular complexity index is 899. The van der Waals surface area contributed by atoms with Gasteiger partial charge in [0.2, 0.25) is 5.91 Å². The van der Waals surface area contributed by atoms with Crippen molar-refractivity contribution < 1.29 is 23.9 Å². The molecule has 1 atom stereocenters. The molecule has 0 aliphatic rings. The van der Waals surface area contributed by atoms with Gasteiger partial charge in [0.15, 0.2) is 6.10 Å². The van der Waals surface area contributed by atoms with E-state index in [-0.39, 0.29) is 24.3 Å². The third-order valence-corrected chi connectivity index (χ3v) is 4.45. The summed E-state index contributed by atoms with van der Waals surface area (Å²) in [5.41, 5.74) is 2.41. The number of anilines is 2. The molecule has 0 saturated heterocycles. The summed E-state index contributed by atoms with van der Waals surface area (Å²) < 4.78 is 10.8. The minimum Gasteiger partial charge on any atom is -0.493 e. The Morgan fingerprint density at radius 2 is 1.45 bits per heavy atom. The number of ether oxygens (including phenoxy) is 2. The summed E-state index contributed by atoms with van der Waals surface area (Å²) >= 11 is 0. The zero-order chi connectivity index (χ0) is 23.0. The molecule has 2 rings (SSSR count). The van der Waals surface area contributed by atoms with E-state index in [1.165, 1.54) is 19.4 Å². The Kier molecular flexibility index (Phi) is 8.19. The van der Waals surface area contributed by atoms with Crippen LogP contribution >= 0.6 is 0 Å². The molecule has 0 unspecified atom stereocenters. The molecular weight excluding hydrogens is 396 g/mol. The number of carbonyl (C=O) groups is 3. The number of hydrogen-bond donors (Lipinski definition) is 2. The van der Waals surface area contributed by atoms with Crippen molar-refractivity contribution in [3.8, 4) is 5.75 Å². The van der Waals surface area contributed by atoms with Gasteiger partial charge in [-0.1, -0.05) is 32.9 Å². The molecule has 31 heavy (non-hydrogen) atoms. The lowest BCUT2D eigenvalue weighted by molar-refractivity contribution is -0.153.